The van der Waals surface area contributed by atoms with Crippen LogP contribution < -0.4 is 10.2 Å². The van der Waals surface area contributed by atoms with Crippen LogP contribution in [0.4, 0.5) is 11.5 Å². The zero-order chi connectivity index (χ0) is 22.1. The van der Waals surface area contributed by atoms with Gasteiger partial charge in [-0.05, 0) is 49.2 Å². The number of anilines is 2. The standard InChI is InChI=1S/C25H23N7.CH4/c1-16-3-6-24(19(11-16)13-26)32-10-7-21-20(14-32)25(30-15-29-21)31-17(2)18-4-5-22-23(12-18)28-9-8-27-22;/h3-6,8-9,11-12,15,17H,7,10,14H2,1-2H3,(H,29,30,31);1H4/t17-;/m0./s1. The highest BCUT2D eigenvalue weighted by Gasteiger charge is 2.24. The first-order chi connectivity index (χ1) is 15.6. The fourth-order valence-electron chi connectivity index (χ4n) is 4.22. The van der Waals surface area contributed by atoms with Crippen molar-refractivity contribution in [2.75, 3.05) is 16.8 Å². The molecule has 2 aromatic heterocycles. The molecule has 0 aliphatic carbocycles. The molecule has 0 unspecified atom stereocenters. The summed E-state index contributed by atoms with van der Waals surface area (Å²) in [5.41, 5.74) is 7.75. The van der Waals surface area contributed by atoms with E-state index in [1.807, 2.05) is 25.1 Å². The van der Waals surface area contributed by atoms with E-state index in [-0.39, 0.29) is 13.5 Å². The fraction of sp³-hybridized carbons (Fsp3) is 0.269. The van der Waals surface area contributed by atoms with Crippen molar-refractivity contribution in [3.05, 3.63) is 83.1 Å². The van der Waals surface area contributed by atoms with Crippen molar-refractivity contribution < 1.29 is 0 Å². The first kappa shape index (κ1) is 22.2. The van der Waals surface area contributed by atoms with Crippen LogP contribution in [0.2, 0.25) is 0 Å². The van der Waals surface area contributed by atoms with Gasteiger partial charge in [0.2, 0.25) is 0 Å². The van der Waals surface area contributed by atoms with Crippen LogP contribution in [-0.2, 0) is 13.0 Å². The number of nitrogens with zero attached hydrogens (tertiary/aromatic N) is 6. The zero-order valence-corrected chi connectivity index (χ0v) is 18.1. The summed E-state index contributed by atoms with van der Waals surface area (Å²) in [5.74, 6) is 0.831. The molecule has 0 amide bonds. The van der Waals surface area contributed by atoms with Crippen molar-refractivity contribution in [1.29, 1.82) is 5.26 Å². The Labute approximate surface area is 194 Å². The zero-order valence-electron chi connectivity index (χ0n) is 18.1. The van der Waals surface area contributed by atoms with Crippen LogP contribution in [0.25, 0.3) is 11.0 Å². The second kappa shape index (κ2) is 9.21. The van der Waals surface area contributed by atoms with Gasteiger partial charge in [-0.2, -0.15) is 5.26 Å². The number of nitrogens with one attached hydrogen (secondary N) is 1. The Hall–Kier alpha value is -4.05. The Morgan fingerprint density at radius 1 is 1.03 bits per heavy atom. The molecule has 0 saturated heterocycles. The topological polar surface area (TPSA) is 90.6 Å². The summed E-state index contributed by atoms with van der Waals surface area (Å²) < 4.78 is 0. The summed E-state index contributed by atoms with van der Waals surface area (Å²) in [6.07, 6.45) is 5.85. The van der Waals surface area contributed by atoms with E-state index in [1.54, 1.807) is 18.7 Å². The lowest BCUT2D eigenvalue weighted by atomic mass is 10.0. The van der Waals surface area contributed by atoms with Gasteiger partial charge in [-0.25, -0.2) is 9.97 Å². The van der Waals surface area contributed by atoms with Gasteiger partial charge in [-0.1, -0.05) is 19.6 Å². The lowest BCUT2D eigenvalue weighted by Gasteiger charge is -2.32. The third-order valence-electron chi connectivity index (χ3n) is 5.96. The van der Waals surface area contributed by atoms with Crippen LogP contribution in [-0.4, -0.2) is 26.5 Å². The molecule has 33 heavy (non-hydrogen) atoms. The molecule has 7 nitrogen and oxygen atoms in total. The fourth-order valence-corrected chi connectivity index (χ4v) is 4.22. The average Bonchev–Trinajstić information content (AvgIpc) is 2.83. The monoisotopic (exact) mass is 437 g/mol. The summed E-state index contributed by atoms with van der Waals surface area (Å²) in [7, 11) is 0. The highest BCUT2D eigenvalue weighted by atomic mass is 15.2. The van der Waals surface area contributed by atoms with Gasteiger partial charge < -0.3 is 10.2 Å². The molecular weight excluding hydrogens is 410 g/mol. The minimum absolute atomic E-state index is 0. The Morgan fingerprint density at radius 2 is 1.85 bits per heavy atom. The van der Waals surface area contributed by atoms with Gasteiger partial charge in [0.15, 0.2) is 0 Å². The molecule has 4 aromatic rings. The van der Waals surface area contributed by atoms with Crippen LogP contribution in [0, 0.1) is 18.3 Å². The maximum Gasteiger partial charge on any atom is 0.135 e. The van der Waals surface area contributed by atoms with Crippen LogP contribution in [0.15, 0.2) is 55.1 Å². The van der Waals surface area contributed by atoms with Crippen molar-refractivity contribution in [2.24, 2.45) is 0 Å². The molecule has 0 spiro atoms. The predicted octanol–water partition coefficient (Wildman–Crippen LogP) is 4.97. The van der Waals surface area contributed by atoms with E-state index in [1.165, 1.54) is 0 Å². The van der Waals surface area contributed by atoms with Crippen LogP contribution in [0.5, 0.6) is 0 Å². The van der Waals surface area contributed by atoms with Gasteiger partial charge in [0, 0.05) is 37.5 Å². The Bertz CT molecular complexity index is 1340. The highest BCUT2D eigenvalue weighted by molar-refractivity contribution is 5.74. The van der Waals surface area contributed by atoms with Gasteiger partial charge >= 0.3 is 0 Å². The molecule has 0 radical (unpaired) electrons. The van der Waals surface area contributed by atoms with Gasteiger partial charge in [0.25, 0.3) is 0 Å². The van der Waals surface area contributed by atoms with E-state index in [9.17, 15) is 5.26 Å². The predicted molar refractivity (Wildman–Crippen MR) is 131 cm³/mol. The Morgan fingerprint density at radius 3 is 2.67 bits per heavy atom. The minimum Gasteiger partial charge on any atom is -0.366 e. The quantitative estimate of drug-likeness (QED) is 0.482. The lowest BCUT2D eigenvalue weighted by molar-refractivity contribution is 0.702. The SMILES string of the molecule is C.Cc1ccc(N2CCc3ncnc(N[C@@H](C)c4ccc5nccnc5c4)c3C2)c(C#N)c1. The van der Waals surface area contributed by atoms with E-state index < -0.39 is 0 Å². The van der Waals surface area contributed by atoms with Crippen molar-refractivity contribution in [2.45, 2.75) is 40.3 Å². The smallest absolute Gasteiger partial charge is 0.135 e. The van der Waals surface area contributed by atoms with Crippen LogP contribution in [0.1, 0.15) is 48.3 Å². The van der Waals surface area contributed by atoms with Crippen molar-refractivity contribution >= 4 is 22.5 Å². The van der Waals surface area contributed by atoms with E-state index in [4.69, 9.17) is 0 Å². The van der Waals surface area contributed by atoms with Crippen LogP contribution >= 0.6 is 0 Å². The molecule has 1 atom stereocenters. The van der Waals surface area contributed by atoms with Crippen molar-refractivity contribution in [3.8, 4) is 6.07 Å². The van der Waals surface area contributed by atoms with Crippen LogP contribution in [0.3, 0.4) is 0 Å². The number of fused-ring (bicyclic) bond motifs is 2. The highest BCUT2D eigenvalue weighted by Crippen LogP contribution is 2.31. The number of aromatic nitrogens is 4. The summed E-state index contributed by atoms with van der Waals surface area (Å²) >= 11 is 0. The van der Waals surface area contributed by atoms with E-state index in [0.29, 0.717) is 12.1 Å². The summed E-state index contributed by atoms with van der Waals surface area (Å²) in [4.78, 5) is 20.1. The molecule has 7 heteroatoms. The summed E-state index contributed by atoms with van der Waals surface area (Å²) in [5, 5.41) is 13.2. The molecule has 1 N–H and O–H groups in total. The molecule has 0 fully saturated rings. The molecule has 3 heterocycles. The molecular formula is C26H27N7. The molecule has 0 saturated carbocycles. The molecule has 0 bridgehead atoms. The minimum atomic E-state index is 0. The number of aryl methyl sites for hydroxylation is 1. The second-order valence-corrected chi connectivity index (χ2v) is 8.12. The number of hydrogen-bond donors (Lipinski definition) is 1. The molecule has 1 aliphatic heterocycles. The number of benzene rings is 2. The maximum atomic E-state index is 9.62. The first-order valence-electron chi connectivity index (χ1n) is 10.7. The van der Waals surface area contributed by atoms with Gasteiger partial charge in [0.05, 0.1) is 34.0 Å². The number of nitriles is 1. The van der Waals surface area contributed by atoms with E-state index in [2.05, 4.69) is 61.3 Å². The van der Waals surface area contributed by atoms with E-state index >= 15 is 0 Å². The third-order valence-corrected chi connectivity index (χ3v) is 5.96. The molecule has 166 valence electrons. The normalized spacial score (nSPS) is 13.5. The van der Waals surface area contributed by atoms with Crippen molar-refractivity contribution in [1.82, 2.24) is 19.9 Å². The molecule has 5 rings (SSSR count). The largest absolute Gasteiger partial charge is 0.366 e. The van der Waals surface area contributed by atoms with E-state index in [0.717, 1.165) is 57.9 Å². The Balaban J connectivity index is 0.00000259. The lowest BCUT2D eigenvalue weighted by Crippen LogP contribution is -2.32. The number of hydrogen-bond acceptors (Lipinski definition) is 7. The van der Waals surface area contributed by atoms with Crippen molar-refractivity contribution in [3.63, 3.8) is 0 Å². The number of rotatable bonds is 4. The molecule has 2 aromatic carbocycles. The van der Waals surface area contributed by atoms with Gasteiger partial charge in [0.1, 0.15) is 18.2 Å². The maximum absolute atomic E-state index is 9.62. The summed E-state index contributed by atoms with van der Waals surface area (Å²) in [6, 6.07) is 14.5. The second-order valence-electron chi connectivity index (χ2n) is 8.12. The van der Waals surface area contributed by atoms with Gasteiger partial charge in [-0.15, -0.1) is 0 Å². The molecule has 1 aliphatic rings. The third kappa shape index (κ3) is 4.33. The van der Waals surface area contributed by atoms with Gasteiger partial charge in [-0.3, -0.25) is 9.97 Å². The summed E-state index contributed by atoms with van der Waals surface area (Å²) in [6.45, 7) is 5.60. The average molecular weight is 438 g/mol. The Kier molecular flexibility index (Phi) is 6.18. The first-order valence-corrected chi connectivity index (χ1v) is 10.7.